The zero-order valence-corrected chi connectivity index (χ0v) is 15.7. The summed E-state index contributed by atoms with van der Waals surface area (Å²) in [5.74, 6) is -0.625. The first-order valence-electron chi connectivity index (χ1n) is 9.32. The second kappa shape index (κ2) is 8.33. The van der Waals surface area contributed by atoms with Gasteiger partial charge in [0.05, 0.1) is 5.69 Å². The molecule has 2 aromatic rings. The number of carbonyl (C=O) groups excluding carboxylic acids is 2. The van der Waals surface area contributed by atoms with Crippen LogP contribution in [0.5, 0.6) is 0 Å². The summed E-state index contributed by atoms with van der Waals surface area (Å²) in [7, 11) is 0. The lowest BCUT2D eigenvalue weighted by atomic mass is 9.94. The standard InChI is InChI=1S/C20H25FN4O2/c1-13(2)10-19(26)23-18-6-5-14(11-16(18)21)20(27)25-9-3-4-15(12-25)17-7-8-22-24-17/h5-8,11,13,15H,3-4,9-10,12H2,1-2H3,(H,22,24)(H,23,26). The van der Waals surface area contributed by atoms with Gasteiger partial charge in [0.1, 0.15) is 5.82 Å². The maximum absolute atomic E-state index is 14.4. The van der Waals surface area contributed by atoms with Crippen LogP contribution in [0.15, 0.2) is 30.5 Å². The molecule has 0 bridgehead atoms. The predicted octanol–water partition coefficient (Wildman–Crippen LogP) is 3.55. The molecule has 27 heavy (non-hydrogen) atoms. The SMILES string of the molecule is CC(C)CC(=O)Nc1ccc(C(=O)N2CCCC(c3ccn[nH]3)C2)cc1F. The number of aromatic amines is 1. The molecule has 2 amide bonds. The van der Waals surface area contributed by atoms with E-state index in [4.69, 9.17) is 0 Å². The van der Waals surface area contributed by atoms with Gasteiger partial charge >= 0.3 is 0 Å². The van der Waals surface area contributed by atoms with Gasteiger partial charge in [-0.3, -0.25) is 14.7 Å². The highest BCUT2D eigenvalue weighted by Gasteiger charge is 2.26. The van der Waals surface area contributed by atoms with Gasteiger partial charge in [0.25, 0.3) is 5.91 Å². The number of hydrogen-bond acceptors (Lipinski definition) is 3. The van der Waals surface area contributed by atoms with Crippen LogP contribution in [0.4, 0.5) is 10.1 Å². The van der Waals surface area contributed by atoms with E-state index in [9.17, 15) is 14.0 Å². The molecule has 0 radical (unpaired) electrons. The van der Waals surface area contributed by atoms with Gasteiger partial charge in [-0.1, -0.05) is 13.8 Å². The maximum atomic E-state index is 14.4. The number of nitrogens with one attached hydrogen (secondary N) is 2. The van der Waals surface area contributed by atoms with Gasteiger partial charge in [-0.15, -0.1) is 0 Å². The molecule has 1 saturated heterocycles. The van der Waals surface area contributed by atoms with Gasteiger partial charge in [0, 0.05) is 42.9 Å². The van der Waals surface area contributed by atoms with E-state index in [1.54, 1.807) is 17.2 Å². The Balaban J connectivity index is 1.68. The monoisotopic (exact) mass is 372 g/mol. The number of nitrogens with zero attached hydrogens (tertiary/aromatic N) is 2. The average Bonchev–Trinajstić information content (AvgIpc) is 3.17. The van der Waals surface area contributed by atoms with E-state index < -0.39 is 5.82 Å². The van der Waals surface area contributed by atoms with Crippen LogP contribution in [0, 0.1) is 11.7 Å². The third kappa shape index (κ3) is 4.72. The summed E-state index contributed by atoms with van der Waals surface area (Å²) in [6, 6.07) is 6.15. The Hall–Kier alpha value is -2.70. The summed E-state index contributed by atoms with van der Waals surface area (Å²) in [5, 5.41) is 9.50. The van der Waals surface area contributed by atoms with Crippen LogP contribution in [-0.4, -0.2) is 40.0 Å². The number of amides is 2. The van der Waals surface area contributed by atoms with Crippen LogP contribution in [-0.2, 0) is 4.79 Å². The number of H-pyrrole nitrogens is 1. The highest BCUT2D eigenvalue weighted by molar-refractivity contribution is 5.96. The van der Waals surface area contributed by atoms with Crippen LogP contribution in [0.1, 0.15) is 55.1 Å². The van der Waals surface area contributed by atoms with Crippen molar-refractivity contribution in [3.63, 3.8) is 0 Å². The summed E-state index contributed by atoms with van der Waals surface area (Å²) in [5.41, 5.74) is 1.41. The molecule has 1 aromatic carbocycles. The molecule has 144 valence electrons. The van der Waals surface area contributed by atoms with E-state index in [0.29, 0.717) is 25.1 Å². The second-order valence-electron chi connectivity index (χ2n) is 7.44. The van der Waals surface area contributed by atoms with Crippen molar-refractivity contribution in [1.82, 2.24) is 15.1 Å². The Morgan fingerprint density at radius 3 is 2.85 bits per heavy atom. The summed E-state index contributed by atoms with van der Waals surface area (Å²) in [6.45, 7) is 5.08. The minimum absolute atomic E-state index is 0.103. The first-order chi connectivity index (χ1) is 12.9. The second-order valence-corrected chi connectivity index (χ2v) is 7.44. The Kier molecular flexibility index (Phi) is 5.88. The number of halogens is 1. The van der Waals surface area contributed by atoms with Gasteiger partial charge in [-0.2, -0.15) is 5.10 Å². The fraction of sp³-hybridized carbons (Fsp3) is 0.450. The van der Waals surface area contributed by atoms with Crippen molar-refractivity contribution < 1.29 is 14.0 Å². The summed E-state index contributed by atoms with van der Waals surface area (Å²) < 4.78 is 14.4. The number of likely N-dealkylation sites (tertiary alicyclic amines) is 1. The molecule has 1 unspecified atom stereocenters. The molecule has 2 N–H and O–H groups in total. The highest BCUT2D eigenvalue weighted by Crippen LogP contribution is 2.27. The molecular weight excluding hydrogens is 347 g/mol. The molecular formula is C20H25FN4O2. The quantitative estimate of drug-likeness (QED) is 0.842. The number of benzene rings is 1. The molecule has 1 aliphatic heterocycles. The molecule has 1 aromatic heterocycles. The topological polar surface area (TPSA) is 78.1 Å². The van der Waals surface area contributed by atoms with Gasteiger partial charge in [-0.05, 0) is 43.0 Å². The molecule has 3 rings (SSSR count). The number of hydrogen-bond donors (Lipinski definition) is 2. The molecule has 1 atom stereocenters. The Morgan fingerprint density at radius 1 is 1.37 bits per heavy atom. The fourth-order valence-electron chi connectivity index (χ4n) is 3.41. The molecule has 0 spiro atoms. The number of piperidine rings is 1. The van der Waals surface area contributed by atoms with Crippen molar-refractivity contribution in [1.29, 1.82) is 0 Å². The first kappa shape index (κ1) is 19.1. The Morgan fingerprint density at radius 2 is 2.19 bits per heavy atom. The zero-order valence-electron chi connectivity index (χ0n) is 15.7. The van der Waals surface area contributed by atoms with E-state index in [0.717, 1.165) is 18.5 Å². The normalized spacial score (nSPS) is 17.2. The fourth-order valence-corrected chi connectivity index (χ4v) is 3.41. The average molecular weight is 372 g/mol. The van der Waals surface area contributed by atoms with Crippen molar-refractivity contribution in [3.05, 3.63) is 47.5 Å². The Bertz CT molecular complexity index is 804. The molecule has 1 aliphatic rings. The zero-order chi connectivity index (χ0) is 19.4. The van der Waals surface area contributed by atoms with E-state index in [1.165, 1.54) is 12.1 Å². The number of carbonyl (C=O) groups is 2. The van der Waals surface area contributed by atoms with E-state index in [1.807, 2.05) is 19.9 Å². The first-order valence-corrected chi connectivity index (χ1v) is 9.32. The van der Waals surface area contributed by atoms with E-state index in [-0.39, 0.29) is 29.3 Å². The smallest absolute Gasteiger partial charge is 0.253 e. The molecule has 2 heterocycles. The van der Waals surface area contributed by atoms with Crippen LogP contribution in [0.2, 0.25) is 0 Å². The third-order valence-electron chi connectivity index (χ3n) is 4.75. The molecule has 0 saturated carbocycles. The minimum atomic E-state index is -0.597. The maximum Gasteiger partial charge on any atom is 0.253 e. The third-order valence-corrected chi connectivity index (χ3v) is 4.75. The summed E-state index contributed by atoms with van der Waals surface area (Å²) in [6.07, 6.45) is 3.91. The molecule has 0 aliphatic carbocycles. The largest absolute Gasteiger partial charge is 0.338 e. The number of aromatic nitrogens is 2. The highest BCUT2D eigenvalue weighted by atomic mass is 19.1. The summed E-state index contributed by atoms with van der Waals surface area (Å²) >= 11 is 0. The van der Waals surface area contributed by atoms with Crippen molar-refractivity contribution in [3.8, 4) is 0 Å². The van der Waals surface area contributed by atoms with Crippen molar-refractivity contribution in [2.75, 3.05) is 18.4 Å². The van der Waals surface area contributed by atoms with Crippen molar-refractivity contribution in [2.24, 2.45) is 5.92 Å². The predicted molar refractivity (Wildman–Crippen MR) is 101 cm³/mol. The lowest BCUT2D eigenvalue weighted by molar-refractivity contribution is -0.116. The molecule has 6 nitrogen and oxygen atoms in total. The van der Waals surface area contributed by atoms with Crippen LogP contribution >= 0.6 is 0 Å². The lowest BCUT2D eigenvalue weighted by Gasteiger charge is -2.32. The number of anilines is 1. The van der Waals surface area contributed by atoms with Gasteiger partial charge in [-0.25, -0.2) is 4.39 Å². The van der Waals surface area contributed by atoms with Gasteiger partial charge < -0.3 is 10.2 Å². The minimum Gasteiger partial charge on any atom is -0.338 e. The van der Waals surface area contributed by atoms with Crippen molar-refractivity contribution in [2.45, 2.75) is 39.0 Å². The van der Waals surface area contributed by atoms with Crippen molar-refractivity contribution >= 4 is 17.5 Å². The van der Waals surface area contributed by atoms with Crippen LogP contribution < -0.4 is 5.32 Å². The van der Waals surface area contributed by atoms with E-state index >= 15 is 0 Å². The summed E-state index contributed by atoms with van der Waals surface area (Å²) in [4.78, 5) is 26.4. The van der Waals surface area contributed by atoms with Crippen LogP contribution in [0.3, 0.4) is 0 Å². The molecule has 7 heteroatoms. The van der Waals surface area contributed by atoms with Gasteiger partial charge in [0.2, 0.25) is 5.91 Å². The lowest BCUT2D eigenvalue weighted by Crippen LogP contribution is -2.39. The van der Waals surface area contributed by atoms with E-state index in [2.05, 4.69) is 15.5 Å². The Labute approximate surface area is 158 Å². The van der Waals surface area contributed by atoms with Gasteiger partial charge in [0.15, 0.2) is 0 Å². The number of rotatable bonds is 5. The van der Waals surface area contributed by atoms with Crippen LogP contribution in [0.25, 0.3) is 0 Å². The molecule has 1 fully saturated rings.